The van der Waals surface area contributed by atoms with E-state index in [1.54, 1.807) is 42.3 Å². The first-order chi connectivity index (χ1) is 20.5. The summed E-state index contributed by atoms with van der Waals surface area (Å²) in [6.45, 7) is 9.51. The fourth-order valence-corrected chi connectivity index (χ4v) is 5.27. The van der Waals surface area contributed by atoms with Gasteiger partial charge in [-0.15, -0.1) is 0 Å². The van der Waals surface area contributed by atoms with Gasteiger partial charge in [0.25, 0.3) is 11.7 Å². The first-order valence-electron chi connectivity index (χ1n) is 15.1. The zero-order valence-corrected chi connectivity index (χ0v) is 25.1. The second-order valence-electron chi connectivity index (χ2n) is 10.6. The van der Waals surface area contributed by atoms with Crippen LogP contribution in [0.15, 0.2) is 48.0 Å². The molecule has 1 atom stereocenters. The van der Waals surface area contributed by atoms with Gasteiger partial charge in [-0.05, 0) is 49.1 Å². The van der Waals surface area contributed by atoms with Crippen LogP contribution < -0.4 is 14.2 Å². The predicted octanol–water partition coefficient (Wildman–Crippen LogP) is 5.20. The molecule has 9 nitrogen and oxygen atoms in total. The Labute approximate surface area is 249 Å². The summed E-state index contributed by atoms with van der Waals surface area (Å²) in [4.78, 5) is 30.9. The number of carbonyl (C=O) groups is 2. The zero-order chi connectivity index (χ0) is 29.9. The lowest BCUT2D eigenvalue weighted by molar-refractivity contribution is -0.140. The molecular formula is C33H44N2O7. The lowest BCUT2D eigenvalue weighted by atomic mass is 9.95. The lowest BCUT2D eigenvalue weighted by Crippen LogP contribution is -2.39. The molecule has 2 heterocycles. The first kappa shape index (κ1) is 31.4. The summed E-state index contributed by atoms with van der Waals surface area (Å²) in [6, 6.07) is 11.7. The van der Waals surface area contributed by atoms with E-state index in [0.717, 1.165) is 45.3 Å². The number of morpholine rings is 1. The van der Waals surface area contributed by atoms with E-state index < -0.39 is 17.7 Å². The first-order valence-corrected chi connectivity index (χ1v) is 15.1. The van der Waals surface area contributed by atoms with E-state index >= 15 is 0 Å². The molecule has 0 aliphatic carbocycles. The minimum absolute atomic E-state index is 0.0544. The van der Waals surface area contributed by atoms with E-state index in [2.05, 4.69) is 18.7 Å². The van der Waals surface area contributed by atoms with Crippen molar-refractivity contribution in [3.63, 3.8) is 0 Å². The molecule has 2 aliphatic rings. The van der Waals surface area contributed by atoms with E-state index in [1.165, 1.54) is 0 Å². The number of methoxy groups -OCH3 is 1. The van der Waals surface area contributed by atoms with Crippen LogP contribution in [-0.4, -0.2) is 86.3 Å². The van der Waals surface area contributed by atoms with Crippen LogP contribution >= 0.6 is 0 Å². The van der Waals surface area contributed by atoms with Crippen molar-refractivity contribution < 1.29 is 33.6 Å². The van der Waals surface area contributed by atoms with Crippen molar-refractivity contribution in [1.29, 1.82) is 0 Å². The van der Waals surface area contributed by atoms with Gasteiger partial charge in [0.05, 0.1) is 45.2 Å². The van der Waals surface area contributed by atoms with Crippen LogP contribution in [-0.2, 0) is 14.3 Å². The number of amides is 1. The topological polar surface area (TPSA) is 97.8 Å². The van der Waals surface area contributed by atoms with Crippen molar-refractivity contribution in [2.24, 2.45) is 0 Å². The summed E-state index contributed by atoms with van der Waals surface area (Å²) >= 11 is 0. The Morgan fingerprint density at radius 2 is 1.67 bits per heavy atom. The number of ketones is 1. The van der Waals surface area contributed by atoms with E-state index in [9.17, 15) is 14.7 Å². The summed E-state index contributed by atoms with van der Waals surface area (Å²) in [7, 11) is 1.56. The Hall–Kier alpha value is -3.56. The minimum atomic E-state index is -0.780. The Morgan fingerprint density at radius 3 is 2.38 bits per heavy atom. The average Bonchev–Trinajstić information content (AvgIpc) is 3.27. The Kier molecular flexibility index (Phi) is 11.7. The van der Waals surface area contributed by atoms with Crippen molar-refractivity contribution in [1.82, 2.24) is 9.80 Å². The standard InChI is InChI=1S/C33H44N2O7/c1-4-6-18-41-26-11-8-10-25(22-26)31(36)29-30(24-12-13-27(28(23-24)39-3)42-19-7-5-2)35(33(38)32(29)37)15-9-14-34-16-20-40-21-17-34/h8,10-13,22-23,30,36H,4-7,9,14-21H2,1-3H3/b31-29+. The zero-order valence-electron chi connectivity index (χ0n) is 25.1. The average molecular weight is 581 g/mol. The van der Waals surface area contributed by atoms with E-state index in [0.29, 0.717) is 67.8 Å². The van der Waals surface area contributed by atoms with Gasteiger partial charge in [-0.1, -0.05) is 44.9 Å². The quantitative estimate of drug-likeness (QED) is 0.133. The highest BCUT2D eigenvalue weighted by atomic mass is 16.5. The van der Waals surface area contributed by atoms with Crippen molar-refractivity contribution in [3.8, 4) is 17.2 Å². The maximum Gasteiger partial charge on any atom is 0.295 e. The van der Waals surface area contributed by atoms with Crippen molar-refractivity contribution >= 4 is 17.4 Å². The summed E-state index contributed by atoms with van der Waals surface area (Å²) in [5, 5.41) is 11.6. The SMILES string of the molecule is CCCCOc1cccc(/C(O)=C2\C(=O)C(=O)N(CCCN3CCOCC3)C2c2ccc(OCCCC)c(OC)c2)c1. The summed E-state index contributed by atoms with van der Waals surface area (Å²) < 4.78 is 22.8. The number of carbonyl (C=O) groups excluding carboxylic acids is 2. The minimum Gasteiger partial charge on any atom is -0.507 e. The van der Waals surface area contributed by atoms with Crippen molar-refractivity contribution in [3.05, 3.63) is 59.2 Å². The molecule has 2 aromatic carbocycles. The molecule has 42 heavy (non-hydrogen) atoms. The van der Waals surface area contributed by atoms with Gasteiger partial charge in [0.1, 0.15) is 11.5 Å². The maximum atomic E-state index is 13.5. The van der Waals surface area contributed by atoms with Crippen LogP contribution in [0.25, 0.3) is 5.76 Å². The molecule has 0 saturated carbocycles. The fourth-order valence-electron chi connectivity index (χ4n) is 5.27. The molecule has 0 radical (unpaired) electrons. The number of ether oxygens (including phenoxy) is 4. The van der Waals surface area contributed by atoms with Gasteiger partial charge in [0.2, 0.25) is 0 Å². The molecule has 2 aliphatic heterocycles. The lowest BCUT2D eigenvalue weighted by Gasteiger charge is -2.29. The molecule has 2 saturated heterocycles. The molecule has 1 N–H and O–H groups in total. The van der Waals surface area contributed by atoms with Gasteiger partial charge in [-0.2, -0.15) is 0 Å². The third-order valence-corrected chi connectivity index (χ3v) is 7.65. The highest BCUT2D eigenvalue weighted by molar-refractivity contribution is 6.46. The van der Waals surface area contributed by atoms with Crippen LogP contribution in [0.2, 0.25) is 0 Å². The van der Waals surface area contributed by atoms with Gasteiger partial charge in [-0.25, -0.2) is 0 Å². The normalized spacial score (nSPS) is 18.8. The number of likely N-dealkylation sites (tertiary alicyclic amines) is 1. The highest BCUT2D eigenvalue weighted by Crippen LogP contribution is 2.42. The molecule has 1 unspecified atom stereocenters. The fraction of sp³-hybridized carbons (Fsp3) is 0.515. The van der Waals surface area contributed by atoms with Gasteiger partial charge >= 0.3 is 0 Å². The number of rotatable bonds is 15. The molecule has 2 aromatic rings. The van der Waals surface area contributed by atoms with Crippen molar-refractivity contribution in [2.45, 2.75) is 52.0 Å². The molecule has 0 aromatic heterocycles. The molecule has 0 bridgehead atoms. The number of aliphatic hydroxyl groups excluding tert-OH is 1. The predicted molar refractivity (Wildman–Crippen MR) is 161 cm³/mol. The summed E-state index contributed by atoms with van der Waals surface area (Å²) in [6.07, 6.45) is 4.51. The number of benzene rings is 2. The smallest absolute Gasteiger partial charge is 0.295 e. The maximum absolute atomic E-state index is 13.5. The molecule has 228 valence electrons. The number of Topliss-reactive ketones (excluding diaryl/α,β-unsaturated/α-hetero) is 1. The number of nitrogens with zero attached hydrogens (tertiary/aromatic N) is 2. The molecule has 2 fully saturated rings. The number of hydrogen-bond donors (Lipinski definition) is 1. The van der Waals surface area contributed by atoms with E-state index in [1.807, 2.05) is 12.1 Å². The third-order valence-electron chi connectivity index (χ3n) is 7.65. The Morgan fingerprint density at radius 1 is 0.929 bits per heavy atom. The second-order valence-corrected chi connectivity index (χ2v) is 10.6. The summed E-state index contributed by atoms with van der Waals surface area (Å²) in [5.41, 5.74) is 1.14. The van der Waals surface area contributed by atoms with Crippen LogP contribution in [0, 0.1) is 0 Å². The number of aliphatic hydroxyl groups is 1. The third kappa shape index (κ3) is 7.63. The van der Waals surface area contributed by atoms with Crippen molar-refractivity contribution in [2.75, 3.05) is 59.7 Å². The van der Waals surface area contributed by atoms with Gasteiger partial charge in [0, 0.05) is 31.7 Å². The Balaban J connectivity index is 1.69. The molecule has 1 amide bonds. The largest absolute Gasteiger partial charge is 0.507 e. The van der Waals surface area contributed by atoms with Gasteiger partial charge < -0.3 is 29.0 Å². The Bertz CT molecular complexity index is 1240. The second kappa shape index (κ2) is 15.6. The number of hydrogen-bond acceptors (Lipinski definition) is 8. The highest BCUT2D eigenvalue weighted by Gasteiger charge is 2.46. The molecular weight excluding hydrogens is 536 g/mol. The number of unbranched alkanes of at least 4 members (excludes halogenated alkanes) is 2. The van der Waals surface area contributed by atoms with Gasteiger partial charge in [0.15, 0.2) is 11.5 Å². The van der Waals surface area contributed by atoms with E-state index in [-0.39, 0.29) is 11.3 Å². The monoisotopic (exact) mass is 580 g/mol. The molecule has 0 spiro atoms. The molecule has 4 rings (SSSR count). The van der Waals surface area contributed by atoms with Crippen LogP contribution in [0.1, 0.15) is 63.1 Å². The van der Waals surface area contributed by atoms with E-state index in [4.69, 9.17) is 18.9 Å². The summed E-state index contributed by atoms with van der Waals surface area (Å²) in [5.74, 6) is 0.144. The van der Waals surface area contributed by atoms with Crippen LogP contribution in [0.3, 0.4) is 0 Å². The van der Waals surface area contributed by atoms with Crippen LogP contribution in [0.4, 0.5) is 0 Å². The van der Waals surface area contributed by atoms with Gasteiger partial charge in [-0.3, -0.25) is 14.5 Å². The van der Waals surface area contributed by atoms with Crippen LogP contribution in [0.5, 0.6) is 17.2 Å². The molecule has 9 heteroatoms.